The van der Waals surface area contributed by atoms with Crippen LogP contribution in [-0.4, -0.2) is 11.2 Å². The van der Waals surface area contributed by atoms with E-state index in [-0.39, 0.29) is 11.9 Å². The minimum atomic E-state index is -0.254. The Hall–Kier alpha value is -0.890. The van der Waals surface area contributed by atoms with Crippen LogP contribution in [0.5, 0.6) is 0 Å². The molecule has 2 rings (SSSR count). The van der Waals surface area contributed by atoms with Gasteiger partial charge in [-0.15, -0.1) is 0 Å². The van der Waals surface area contributed by atoms with E-state index in [0.29, 0.717) is 18.3 Å². The normalized spacial score (nSPS) is 27.4. The Balaban J connectivity index is 1.93. The second kappa shape index (κ2) is 3.70. The molecule has 1 aliphatic carbocycles. The predicted octanol–water partition coefficient (Wildman–Crippen LogP) is 2.39. The second-order valence-corrected chi connectivity index (χ2v) is 4.27. The van der Waals surface area contributed by atoms with E-state index < -0.39 is 0 Å². The van der Waals surface area contributed by atoms with E-state index in [1.165, 1.54) is 12.1 Å². The number of hydrogen-bond donors (Lipinski definition) is 1. The van der Waals surface area contributed by atoms with Crippen LogP contribution in [0.1, 0.15) is 18.9 Å². The fourth-order valence-electron chi connectivity index (χ4n) is 1.90. The quantitative estimate of drug-likeness (QED) is 0.783. The van der Waals surface area contributed by atoms with Crippen molar-refractivity contribution >= 4 is 0 Å². The molecule has 0 saturated heterocycles. The van der Waals surface area contributed by atoms with Gasteiger partial charge in [-0.2, -0.15) is 0 Å². The maximum absolute atomic E-state index is 12.6. The average molecular weight is 194 g/mol. The third-order valence-corrected chi connectivity index (χ3v) is 3.02. The van der Waals surface area contributed by atoms with Crippen LogP contribution in [0.4, 0.5) is 4.39 Å². The average Bonchev–Trinajstić information content (AvgIpc) is 2.87. The summed E-state index contributed by atoms with van der Waals surface area (Å²) in [6.07, 6.45) is 1.52. The smallest absolute Gasteiger partial charge is 0.123 e. The molecule has 0 radical (unpaired) electrons. The Morgan fingerprint density at radius 1 is 1.43 bits per heavy atom. The van der Waals surface area contributed by atoms with Gasteiger partial charge in [-0.3, -0.25) is 0 Å². The zero-order valence-corrected chi connectivity index (χ0v) is 8.28. The van der Waals surface area contributed by atoms with Crippen molar-refractivity contribution in [3.05, 3.63) is 35.6 Å². The van der Waals surface area contributed by atoms with Crippen LogP contribution in [0, 0.1) is 17.7 Å². The summed E-state index contributed by atoms with van der Waals surface area (Å²) in [4.78, 5) is 0. The van der Waals surface area contributed by atoms with Crippen LogP contribution in [0.15, 0.2) is 24.3 Å². The molecule has 0 heterocycles. The van der Waals surface area contributed by atoms with Crippen LogP contribution in [-0.2, 0) is 6.42 Å². The lowest BCUT2D eigenvalue weighted by Crippen LogP contribution is -2.13. The summed E-state index contributed by atoms with van der Waals surface area (Å²) in [6.45, 7) is 2.15. The molecule has 2 heteroatoms. The molecular formula is C12H15FO. The molecular weight excluding hydrogens is 179 g/mol. The number of aliphatic hydroxyl groups is 1. The molecule has 3 unspecified atom stereocenters. The molecule has 0 aliphatic heterocycles. The zero-order chi connectivity index (χ0) is 10.1. The summed E-state index contributed by atoms with van der Waals surface area (Å²) < 4.78 is 12.6. The van der Waals surface area contributed by atoms with Crippen LogP contribution >= 0.6 is 0 Å². The molecule has 1 fully saturated rings. The van der Waals surface area contributed by atoms with Crippen molar-refractivity contribution in [1.29, 1.82) is 0 Å². The van der Waals surface area contributed by atoms with E-state index in [0.717, 1.165) is 12.0 Å². The fraction of sp³-hybridized carbons (Fsp3) is 0.500. The number of halogens is 1. The van der Waals surface area contributed by atoms with Gasteiger partial charge in [-0.25, -0.2) is 4.39 Å². The monoisotopic (exact) mass is 194 g/mol. The molecule has 0 aromatic heterocycles. The molecule has 1 aromatic carbocycles. The summed E-state index contributed by atoms with van der Waals surface area (Å²) in [7, 11) is 0. The van der Waals surface area contributed by atoms with Gasteiger partial charge >= 0.3 is 0 Å². The first-order valence-corrected chi connectivity index (χ1v) is 5.09. The van der Waals surface area contributed by atoms with Crippen molar-refractivity contribution < 1.29 is 9.50 Å². The summed E-state index contributed by atoms with van der Waals surface area (Å²) >= 11 is 0. The molecule has 1 nitrogen and oxygen atoms in total. The highest BCUT2D eigenvalue weighted by Crippen LogP contribution is 2.41. The van der Waals surface area contributed by atoms with E-state index in [1.54, 1.807) is 12.1 Å². The van der Waals surface area contributed by atoms with Gasteiger partial charge in [0.25, 0.3) is 0 Å². The van der Waals surface area contributed by atoms with E-state index in [9.17, 15) is 9.50 Å². The first-order valence-electron chi connectivity index (χ1n) is 5.09. The number of benzene rings is 1. The van der Waals surface area contributed by atoms with Crippen LogP contribution in [0.25, 0.3) is 0 Å². The molecule has 14 heavy (non-hydrogen) atoms. The summed E-state index contributed by atoms with van der Waals surface area (Å²) in [5.74, 6) is 0.897. The molecule has 0 amide bonds. The van der Waals surface area contributed by atoms with Gasteiger partial charge in [0.15, 0.2) is 0 Å². The SMILES string of the molecule is CC1CC1C(O)Cc1ccc(F)cc1. The standard InChI is InChI=1S/C12H15FO/c1-8-6-11(8)12(14)7-9-2-4-10(13)5-3-9/h2-5,8,11-12,14H,6-7H2,1H3. The Labute approximate surface area is 83.6 Å². The van der Waals surface area contributed by atoms with Crippen LogP contribution in [0.3, 0.4) is 0 Å². The Kier molecular flexibility index (Phi) is 2.55. The minimum Gasteiger partial charge on any atom is -0.392 e. The topological polar surface area (TPSA) is 20.2 Å². The molecule has 1 N–H and O–H groups in total. The maximum Gasteiger partial charge on any atom is 0.123 e. The Morgan fingerprint density at radius 3 is 2.50 bits per heavy atom. The zero-order valence-electron chi connectivity index (χ0n) is 8.28. The first-order chi connectivity index (χ1) is 6.66. The Bertz CT molecular complexity index is 307. The molecule has 1 aliphatic rings. The highest BCUT2D eigenvalue weighted by Gasteiger charge is 2.38. The van der Waals surface area contributed by atoms with Crippen LogP contribution in [0.2, 0.25) is 0 Å². The van der Waals surface area contributed by atoms with Crippen molar-refractivity contribution in [2.45, 2.75) is 25.9 Å². The Morgan fingerprint density at radius 2 is 2.00 bits per heavy atom. The van der Waals surface area contributed by atoms with Crippen molar-refractivity contribution in [2.75, 3.05) is 0 Å². The lowest BCUT2D eigenvalue weighted by molar-refractivity contribution is 0.146. The third kappa shape index (κ3) is 2.13. The fourth-order valence-corrected chi connectivity index (χ4v) is 1.90. The third-order valence-electron chi connectivity index (χ3n) is 3.02. The van der Waals surface area contributed by atoms with Crippen molar-refractivity contribution in [3.63, 3.8) is 0 Å². The summed E-state index contributed by atoms with van der Waals surface area (Å²) in [6, 6.07) is 6.37. The van der Waals surface area contributed by atoms with Gasteiger partial charge in [0.2, 0.25) is 0 Å². The van der Waals surface area contributed by atoms with E-state index in [2.05, 4.69) is 6.92 Å². The van der Waals surface area contributed by atoms with Gasteiger partial charge in [0.05, 0.1) is 6.10 Å². The van der Waals surface area contributed by atoms with Crippen molar-refractivity contribution in [3.8, 4) is 0 Å². The lowest BCUT2D eigenvalue weighted by atomic mass is 10.0. The molecule has 1 aromatic rings. The van der Waals surface area contributed by atoms with Gasteiger partial charge in [0.1, 0.15) is 5.82 Å². The number of hydrogen-bond acceptors (Lipinski definition) is 1. The highest BCUT2D eigenvalue weighted by atomic mass is 19.1. The first kappa shape index (κ1) is 9.66. The van der Waals surface area contributed by atoms with Crippen molar-refractivity contribution in [2.24, 2.45) is 11.8 Å². The molecule has 0 spiro atoms. The largest absolute Gasteiger partial charge is 0.392 e. The minimum absolute atomic E-state index is 0.219. The number of rotatable bonds is 3. The van der Waals surface area contributed by atoms with Gasteiger partial charge in [-0.05, 0) is 42.4 Å². The molecule has 1 saturated carbocycles. The lowest BCUT2D eigenvalue weighted by Gasteiger charge is -2.09. The van der Waals surface area contributed by atoms with Gasteiger partial charge < -0.3 is 5.11 Å². The molecule has 76 valence electrons. The van der Waals surface area contributed by atoms with E-state index >= 15 is 0 Å². The summed E-state index contributed by atoms with van der Waals surface area (Å²) in [5, 5.41) is 9.79. The van der Waals surface area contributed by atoms with E-state index in [4.69, 9.17) is 0 Å². The van der Waals surface area contributed by atoms with Crippen molar-refractivity contribution in [1.82, 2.24) is 0 Å². The maximum atomic E-state index is 12.6. The second-order valence-electron chi connectivity index (χ2n) is 4.27. The molecule has 0 bridgehead atoms. The number of aliphatic hydroxyl groups excluding tert-OH is 1. The highest BCUT2D eigenvalue weighted by molar-refractivity contribution is 5.17. The van der Waals surface area contributed by atoms with Gasteiger partial charge in [0, 0.05) is 0 Å². The molecule has 3 atom stereocenters. The predicted molar refractivity (Wildman–Crippen MR) is 53.4 cm³/mol. The van der Waals surface area contributed by atoms with Crippen LogP contribution < -0.4 is 0 Å². The van der Waals surface area contributed by atoms with E-state index in [1.807, 2.05) is 0 Å². The summed E-state index contributed by atoms with van der Waals surface area (Å²) in [5.41, 5.74) is 1.01. The van der Waals surface area contributed by atoms with Gasteiger partial charge in [-0.1, -0.05) is 19.1 Å².